The number of hydrogen-bond donors (Lipinski definition) is 1. The number of nitrogens with one attached hydrogen (secondary N) is 1. The Bertz CT molecular complexity index is 346. The van der Waals surface area contributed by atoms with Crippen LogP contribution in [0.2, 0.25) is 0 Å². The molecule has 18 heavy (non-hydrogen) atoms. The third-order valence-corrected chi connectivity index (χ3v) is 2.22. The van der Waals surface area contributed by atoms with Crippen molar-refractivity contribution in [3.05, 3.63) is 17.8 Å². The van der Waals surface area contributed by atoms with E-state index in [4.69, 9.17) is 9.47 Å². The first kappa shape index (κ1) is 14.9. The van der Waals surface area contributed by atoms with Crippen LogP contribution >= 0.6 is 0 Å². The molecule has 1 atom stereocenters. The standard InChI is InChI=1S/C13H23N3O2/c1-10(9-17-5)18-12-7-6-11(15-16-12)8-14-13(2,3)4/h6-7,10,14H,8-9H2,1-5H3. The van der Waals surface area contributed by atoms with E-state index in [1.54, 1.807) is 7.11 Å². The van der Waals surface area contributed by atoms with E-state index in [0.29, 0.717) is 19.0 Å². The van der Waals surface area contributed by atoms with Crippen LogP contribution in [0.25, 0.3) is 0 Å². The SMILES string of the molecule is COCC(C)Oc1ccc(CNC(C)(C)C)nn1. The Morgan fingerprint density at radius 3 is 2.50 bits per heavy atom. The second-order valence-corrected chi connectivity index (χ2v) is 5.35. The van der Waals surface area contributed by atoms with Gasteiger partial charge in [-0.05, 0) is 33.8 Å². The van der Waals surface area contributed by atoms with Crippen LogP contribution in [0, 0.1) is 0 Å². The van der Waals surface area contributed by atoms with Crippen molar-refractivity contribution in [2.24, 2.45) is 0 Å². The van der Waals surface area contributed by atoms with Crippen molar-refractivity contribution in [2.45, 2.75) is 45.9 Å². The van der Waals surface area contributed by atoms with Crippen LogP contribution in [-0.2, 0) is 11.3 Å². The molecule has 1 aromatic rings. The fourth-order valence-electron chi connectivity index (χ4n) is 1.34. The zero-order valence-corrected chi connectivity index (χ0v) is 11.9. The highest BCUT2D eigenvalue weighted by Crippen LogP contribution is 2.08. The van der Waals surface area contributed by atoms with Crippen LogP contribution in [0.15, 0.2) is 12.1 Å². The van der Waals surface area contributed by atoms with Gasteiger partial charge in [0.1, 0.15) is 6.10 Å². The minimum Gasteiger partial charge on any atom is -0.471 e. The predicted octanol–water partition coefficient (Wildman–Crippen LogP) is 1.78. The highest BCUT2D eigenvalue weighted by molar-refractivity contribution is 5.11. The number of aromatic nitrogens is 2. The molecule has 5 heteroatoms. The summed E-state index contributed by atoms with van der Waals surface area (Å²) < 4.78 is 10.5. The largest absolute Gasteiger partial charge is 0.471 e. The average Bonchev–Trinajstić information content (AvgIpc) is 2.27. The van der Waals surface area contributed by atoms with Gasteiger partial charge in [-0.1, -0.05) is 0 Å². The van der Waals surface area contributed by atoms with Gasteiger partial charge in [0.15, 0.2) is 0 Å². The van der Waals surface area contributed by atoms with E-state index in [0.717, 1.165) is 5.69 Å². The molecule has 0 aliphatic carbocycles. The summed E-state index contributed by atoms with van der Waals surface area (Å²) in [7, 11) is 1.65. The molecule has 1 heterocycles. The highest BCUT2D eigenvalue weighted by Gasteiger charge is 2.09. The minimum atomic E-state index is -0.0251. The summed E-state index contributed by atoms with van der Waals surface area (Å²) in [5, 5.41) is 11.5. The molecule has 0 saturated carbocycles. The fraction of sp³-hybridized carbons (Fsp3) is 0.692. The lowest BCUT2D eigenvalue weighted by Crippen LogP contribution is -2.35. The van der Waals surface area contributed by atoms with E-state index in [1.165, 1.54) is 0 Å². The molecule has 0 aliphatic rings. The van der Waals surface area contributed by atoms with Gasteiger partial charge in [0, 0.05) is 25.3 Å². The molecule has 0 saturated heterocycles. The molecule has 0 spiro atoms. The van der Waals surface area contributed by atoms with Gasteiger partial charge in [-0.2, -0.15) is 5.10 Å². The Morgan fingerprint density at radius 2 is 2.00 bits per heavy atom. The number of nitrogens with zero attached hydrogens (tertiary/aromatic N) is 2. The Labute approximate surface area is 109 Å². The second kappa shape index (κ2) is 6.66. The van der Waals surface area contributed by atoms with Crippen LogP contribution < -0.4 is 10.1 Å². The minimum absolute atomic E-state index is 0.0251. The Hall–Kier alpha value is -1.20. The van der Waals surface area contributed by atoms with Gasteiger partial charge in [-0.25, -0.2) is 0 Å². The number of ether oxygens (including phenoxy) is 2. The first-order valence-electron chi connectivity index (χ1n) is 6.14. The third kappa shape index (κ3) is 5.93. The van der Waals surface area contributed by atoms with E-state index < -0.39 is 0 Å². The molecular weight excluding hydrogens is 230 g/mol. The van der Waals surface area contributed by atoms with Gasteiger partial charge in [0.2, 0.25) is 5.88 Å². The van der Waals surface area contributed by atoms with Crippen molar-refractivity contribution in [2.75, 3.05) is 13.7 Å². The van der Waals surface area contributed by atoms with Crippen LogP contribution in [0.1, 0.15) is 33.4 Å². The van der Waals surface area contributed by atoms with Crippen molar-refractivity contribution in [1.29, 1.82) is 0 Å². The molecule has 0 bridgehead atoms. The number of methoxy groups -OCH3 is 1. The van der Waals surface area contributed by atoms with E-state index in [9.17, 15) is 0 Å². The lowest BCUT2D eigenvalue weighted by atomic mass is 10.1. The molecule has 1 aromatic heterocycles. The van der Waals surface area contributed by atoms with E-state index in [-0.39, 0.29) is 11.6 Å². The molecule has 102 valence electrons. The van der Waals surface area contributed by atoms with Crippen molar-refractivity contribution >= 4 is 0 Å². The van der Waals surface area contributed by atoms with Crippen LogP contribution in [-0.4, -0.2) is 35.6 Å². The van der Waals surface area contributed by atoms with Crippen molar-refractivity contribution in [1.82, 2.24) is 15.5 Å². The summed E-state index contributed by atoms with van der Waals surface area (Å²) in [6.45, 7) is 9.51. The maximum atomic E-state index is 5.54. The molecule has 0 fully saturated rings. The van der Waals surface area contributed by atoms with Crippen molar-refractivity contribution in [3.63, 3.8) is 0 Å². The maximum absolute atomic E-state index is 5.54. The highest BCUT2D eigenvalue weighted by atomic mass is 16.5. The predicted molar refractivity (Wildman–Crippen MR) is 70.6 cm³/mol. The van der Waals surface area contributed by atoms with Crippen molar-refractivity contribution in [3.8, 4) is 5.88 Å². The molecule has 0 amide bonds. The zero-order chi connectivity index (χ0) is 13.6. The molecule has 1 unspecified atom stereocenters. The summed E-state index contributed by atoms with van der Waals surface area (Å²) in [4.78, 5) is 0. The topological polar surface area (TPSA) is 56.3 Å². The van der Waals surface area contributed by atoms with Crippen molar-refractivity contribution < 1.29 is 9.47 Å². The number of rotatable bonds is 6. The summed E-state index contributed by atoms with van der Waals surface area (Å²) >= 11 is 0. The molecule has 0 radical (unpaired) electrons. The summed E-state index contributed by atoms with van der Waals surface area (Å²) in [5.41, 5.74) is 0.973. The van der Waals surface area contributed by atoms with Gasteiger partial charge in [-0.3, -0.25) is 0 Å². The first-order chi connectivity index (χ1) is 8.40. The lowest BCUT2D eigenvalue weighted by molar-refractivity contribution is 0.0882. The maximum Gasteiger partial charge on any atom is 0.233 e. The molecule has 5 nitrogen and oxygen atoms in total. The van der Waals surface area contributed by atoms with Gasteiger partial charge in [0.25, 0.3) is 0 Å². The molecule has 1 rings (SSSR count). The Kier molecular flexibility index (Phi) is 5.50. The van der Waals surface area contributed by atoms with Crippen LogP contribution in [0.3, 0.4) is 0 Å². The quantitative estimate of drug-likeness (QED) is 0.837. The Balaban J connectivity index is 2.47. The van der Waals surface area contributed by atoms with E-state index >= 15 is 0 Å². The third-order valence-electron chi connectivity index (χ3n) is 2.22. The van der Waals surface area contributed by atoms with E-state index in [2.05, 4.69) is 36.3 Å². The summed E-state index contributed by atoms with van der Waals surface area (Å²) in [5.74, 6) is 0.527. The zero-order valence-electron chi connectivity index (χ0n) is 11.9. The lowest BCUT2D eigenvalue weighted by Gasteiger charge is -2.20. The van der Waals surface area contributed by atoms with Gasteiger partial charge < -0.3 is 14.8 Å². The number of hydrogen-bond acceptors (Lipinski definition) is 5. The van der Waals surface area contributed by atoms with Crippen LogP contribution in [0.5, 0.6) is 5.88 Å². The van der Waals surface area contributed by atoms with Gasteiger partial charge in [0.05, 0.1) is 12.3 Å². The molecule has 0 aromatic carbocycles. The van der Waals surface area contributed by atoms with Crippen LogP contribution in [0.4, 0.5) is 0 Å². The molecule has 0 aliphatic heterocycles. The average molecular weight is 253 g/mol. The van der Waals surface area contributed by atoms with Gasteiger partial charge >= 0.3 is 0 Å². The second-order valence-electron chi connectivity index (χ2n) is 5.35. The molecular formula is C13H23N3O2. The monoisotopic (exact) mass is 253 g/mol. The smallest absolute Gasteiger partial charge is 0.233 e. The molecule has 1 N–H and O–H groups in total. The summed E-state index contributed by atoms with van der Waals surface area (Å²) in [6, 6.07) is 3.75. The first-order valence-corrected chi connectivity index (χ1v) is 6.14. The summed E-state index contributed by atoms with van der Waals surface area (Å²) in [6.07, 6.45) is -0.0251. The normalized spacial score (nSPS) is 13.4. The fourth-order valence-corrected chi connectivity index (χ4v) is 1.34. The van der Waals surface area contributed by atoms with E-state index in [1.807, 2.05) is 19.1 Å². The Morgan fingerprint density at radius 1 is 1.28 bits per heavy atom. The van der Waals surface area contributed by atoms with Gasteiger partial charge in [-0.15, -0.1) is 5.10 Å².